The summed E-state index contributed by atoms with van der Waals surface area (Å²) in [4.78, 5) is 26.7. The summed E-state index contributed by atoms with van der Waals surface area (Å²) in [6.07, 6.45) is 7.07. The van der Waals surface area contributed by atoms with Crippen molar-refractivity contribution in [1.29, 1.82) is 0 Å². The van der Waals surface area contributed by atoms with Crippen LogP contribution in [-0.4, -0.2) is 30.8 Å². The maximum atomic E-state index is 13.1. The number of nitrogens with one attached hydrogen (secondary N) is 1. The molecule has 2 amide bonds. The Hall–Kier alpha value is -1.55. The minimum atomic E-state index is -0.181. The fourth-order valence-electron chi connectivity index (χ4n) is 5.66. The van der Waals surface area contributed by atoms with E-state index in [1.807, 2.05) is 0 Å². The Kier molecular flexibility index (Phi) is 4.06. The summed E-state index contributed by atoms with van der Waals surface area (Å²) in [5, 5.41) is 3.46. The van der Waals surface area contributed by atoms with Gasteiger partial charge in [-0.15, -0.1) is 0 Å². The molecule has 0 spiro atoms. The van der Waals surface area contributed by atoms with E-state index >= 15 is 0 Å². The number of rotatable bonds is 3. The Balaban J connectivity index is 1.52. The number of nitrogens with zero attached hydrogens (tertiary/aromatic N) is 1. The highest BCUT2D eigenvalue weighted by molar-refractivity contribution is 6.34. The van der Waals surface area contributed by atoms with Crippen LogP contribution in [0.25, 0.3) is 0 Å². The first-order valence-electron chi connectivity index (χ1n) is 9.19. The smallest absolute Gasteiger partial charge is 0.254 e. The molecule has 134 valence electrons. The molecule has 0 atom stereocenters. The van der Waals surface area contributed by atoms with Crippen molar-refractivity contribution in [2.24, 2.45) is 23.2 Å². The standard InChI is InChI=1S/C20H25ClN2O2/c1-23(2)18(24)16-4-3-15(8-17(16)21)22-19(25)20-9-12-5-13(10-20)7-14(6-12)11-20/h3-4,8,12-14H,5-7,9-11H2,1-2H3,(H,22,25). The van der Waals surface area contributed by atoms with Gasteiger partial charge >= 0.3 is 0 Å². The van der Waals surface area contributed by atoms with Gasteiger partial charge in [-0.1, -0.05) is 11.6 Å². The number of halogens is 1. The molecule has 1 N–H and O–H groups in total. The lowest BCUT2D eigenvalue weighted by atomic mass is 9.49. The van der Waals surface area contributed by atoms with E-state index < -0.39 is 0 Å². The molecule has 4 saturated carbocycles. The average molecular weight is 361 g/mol. The van der Waals surface area contributed by atoms with E-state index in [9.17, 15) is 9.59 Å². The Morgan fingerprint density at radius 2 is 1.64 bits per heavy atom. The molecular formula is C20H25ClN2O2. The fraction of sp³-hybridized carbons (Fsp3) is 0.600. The summed E-state index contributed by atoms with van der Waals surface area (Å²) in [6.45, 7) is 0. The van der Waals surface area contributed by atoms with E-state index in [4.69, 9.17) is 11.6 Å². The molecule has 0 unspecified atom stereocenters. The number of benzene rings is 1. The van der Waals surface area contributed by atoms with Crippen molar-refractivity contribution in [1.82, 2.24) is 4.90 Å². The quantitative estimate of drug-likeness (QED) is 0.878. The van der Waals surface area contributed by atoms with Crippen molar-refractivity contribution in [2.75, 3.05) is 19.4 Å². The molecule has 0 aliphatic heterocycles. The lowest BCUT2D eigenvalue weighted by Gasteiger charge is -2.55. The van der Waals surface area contributed by atoms with Crippen LogP contribution in [0.5, 0.6) is 0 Å². The molecule has 25 heavy (non-hydrogen) atoms. The highest BCUT2D eigenvalue weighted by Gasteiger charge is 2.54. The first-order chi connectivity index (χ1) is 11.9. The van der Waals surface area contributed by atoms with Crippen LogP contribution in [0, 0.1) is 23.2 Å². The van der Waals surface area contributed by atoms with Gasteiger partial charge < -0.3 is 10.2 Å². The van der Waals surface area contributed by atoms with Crippen molar-refractivity contribution >= 4 is 29.1 Å². The monoisotopic (exact) mass is 360 g/mol. The Bertz CT molecular complexity index is 693. The fourth-order valence-corrected chi connectivity index (χ4v) is 5.92. The minimum absolute atomic E-state index is 0.135. The summed E-state index contributed by atoms with van der Waals surface area (Å²) in [6, 6.07) is 5.16. The third kappa shape index (κ3) is 2.95. The molecule has 1 aromatic carbocycles. The Morgan fingerprint density at radius 3 is 2.12 bits per heavy atom. The molecule has 1 aromatic rings. The molecule has 4 nitrogen and oxygen atoms in total. The van der Waals surface area contributed by atoms with Crippen LogP contribution in [-0.2, 0) is 4.79 Å². The van der Waals surface area contributed by atoms with E-state index in [1.54, 1.807) is 32.3 Å². The second-order valence-electron chi connectivity index (χ2n) is 8.55. The first-order valence-corrected chi connectivity index (χ1v) is 9.57. The van der Waals surface area contributed by atoms with Crippen LogP contribution < -0.4 is 5.32 Å². The van der Waals surface area contributed by atoms with Gasteiger partial charge in [-0.3, -0.25) is 9.59 Å². The number of amides is 2. The summed E-state index contributed by atoms with van der Waals surface area (Å²) in [5.41, 5.74) is 0.958. The molecule has 0 radical (unpaired) electrons. The zero-order valence-electron chi connectivity index (χ0n) is 14.8. The molecule has 4 fully saturated rings. The molecular weight excluding hydrogens is 336 g/mol. The molecule has 4 aliphatic carbocycles. The zero-order valence-corrected chi connectivity index (χ0v) is 15.6. The molecule has 0 heterocycles. The second-order valence-corrected chi connectivity index (χ2v) is 8.95. The van der Waals surface area contributed by atoms with Gasteiger partial charge in [-0.2, -0.15) is 0 Å². The lowest BCUT2D eigenvalue weighted by molar-refractivity contribution is -0.140. The minimum Gasteiger partial charge on any atom is -0.345 e. The van der Waals surface area contributed by atoms with Gasteiger partial charge in [0.05, 0.1) is 16.0 Å². The number of hydrogen-bond donors (Lipinski definition) is 1. The first kappa shape index (κ1) is 16.9. The average Bonchev–Trinajstić information content (AvgIpc) is 2.53. The van der Waals surface area contributed by atoms with E-state index in [0.717, 1.165) is 37.0 Å². The topological polar surface area (TPSA) is 49.4 Å². The highest BCUT2D eigenvalue weighted by Crippen LogP contribution is 2.60. The molecule has 5 heteroatoms. The zero-order chi connectivity index (χ0) is 17.8. The van der Waals surface area contributed by atoms with Crippen LogP contribution in [0.1, 0.15) is 48.9 Å². The highest BCUT2D eigenvalue weighted by atomic mass is 35.5. The SMILES string of the molecule is CN(C)C(=O)c1ccc(NC(=O)C23CC4CC(CC(C4)C2)C3)cc1Cl. The second kappa shape index (κ2) is 6.01. The molecule has 0 saturated heterocycles. The van der Waals surface area contributed by atoms with Gasteiger partial charge in [0.2, 0.25) is 5.91 Å². The van der Waals surface area contributed by atoms with E-state index in [-0.39, 0.29) is 17.2 Å². The predicted molar refractivity (Wildman–Crippen MR) is 98.7 cm³/mol. The van der Waals surface area contributed by atoms with Gasteiger partial charge in [0.15, 0.2) is 0 Å². The molecule has 4 bridgehead atoms. The third-order valence-corrected chi connectivity index (χ3v) is 6.70. The van der Waals surface area contributed by atoms with Crippen molar-refractivity contribution in [3.8, 4) is 0 Å². The van der Waals surface area contributed by atoms with Gasteiger partial charge in [0.25, 0.3) is 5.91 Å². The largest absolute Gasteiger partial charge is 0.345 e. The number of hydrogen-bond acceptors (Lipinski definition) is 2. The Morgan fingerprint density at radius 1 is 1.08 bits per heavy atom. The van der Waals surface area contributed by atoms with E-state index in [0.29, 0.717) is 16.3 Å². The molecule has 4 aliphatic rings. The summed E-state index contributed by atoms with van der Waals surface area (Å²) < 4.78 is 0. The van der Waals surface area contributed by atoms with Crippen LogP contribution in [0.2, 0.25) is 5.02 Å². The van der Waals surface area contributed by atoms with Crippen LogP contribution in [0.3, 0.4) is 0 Å². The maximum Gasteiger partial charge on any atom is 0.254 e. The summed E-state index contributed by atoms with van der Waals surface area (Å²) >= 11 is 6.27. The third-order valence-electron chi connectivity index (χ3n) is 6.38. The van der Waals surface area contributed by atoms with Crippen LogP contribution in [0.4, 0.5) is 5.69 Å². The predicted octanol–water partition coefficient (Wildman–Crippen LogP) is 4.20. The number of anilines is 1. The van der Waals surface area contributed by atoms with E-state index in [2.05, 4.69) is 5.32 Å². The maximum absolute atomic E-state index is 13.1. The number of carbonyl (C=O) groups is 2. The summed E-state index contributed by atoms with van der Waals surface area (Å²) in [7, 11) is 3.39. The van der Waals surface area contributed by atoms with Crippen LogP contribution >= 0.6 is 11.6 Å². The van der Waals surface area contributed by atoms with E-state index in [1.165, 1.54) is 24.2 Å². The normalized spacial score (nSPS) is 32.5. The summed E-state index contributed by atoms with van der Waals surface area (Å²) in [5.74, 6) is 2.22. The number of carbonyl (C=O) groups excluding carboxylic acids is 2. The van der Waals surface area contributed by atoms with Gasteiger partial charge in [0.1, 0.15) is 0 Å². The van der Waals surface area contributed by atoms with Gasteiger partial charge in [-0.05, 0) is 74.5 Å². The van der Waals surface area contributed by atoms with Crippen molar-refractivity contribution in [3.05, 3.63) is 28.8 Å². The van der Waals surface area contributed by atoms with Gasteiger partial charge in [0, 0.05) is 19.8 Å². The van der Waals surface area contributed by atoms with Crippen molar-refractivity contribution in [2.45, 2.75) is 38.5 Å². The van der Waals surface area contributed by atoms with Crippen molar-refractivity contribution < 1.29 is 9.59 Å². The van der Waals surface area contributed by atoms with Crippen LogP contribution in [0.15, 0.2) is 18.2 Å². The molecule has 0 aromatic heterocycles. The lowest BCUT2D eigenvalue weighted by Crippen LogP contribution is -2.51. The van der Waals surface area contributed by atoms with Gasteiger partial charge in [-0.25, -0.2) is 0 Å². The Labute approximate surface area is 153 Å². The molecule has 5 rings (SSSR count). The van der Waals surface area contributed by atoms with Crippen molar-refractivity contribution in [3.63, 3.8) is 0 Å².